The van der Waals surface area contributed by atoms with Gasteiger partial charge in [0, 0.05) is 12.1 Å². The highest BCUT2D eigenvalue weighted by molar-refractivity contribution is 5.92. The van der Waals surface area contributed by atoms with Gasteiger partial charge in [-0.05, 0) is 6.42 Å². The van der Waals surface area contributed by atoms with Gasteiger partial charge in [-0.15, -0.1) is 6.58 Å². The van der Waals surface area contributed by atoms with Crippen LogP contribution in [-0.2, 0) is 0 Å². The van der Waals surface area contributed by atoms with Crippen molar-refractivity contribution in [3.8, 4) is 0 Å². The van der Waals surface area contributed by atoms with E-state index in [0.717, 1.165) is 12.1 Å². The van der Waals surface area contributed by atoms with Crippen LogP contribution in [0, 0.1) is 20.2 Å². The first-order valence-electron chi connectivity index (χ1n) is 6.00. The number of nitro groups is 2. The predicted octanol–water partition coefficient (Wildman–Crippen LogP) is 1.55. The normalized spacial score (nSPS) is 11.5. The Balaban J connectivity index is 3.50. The summed E-state index contributed by atoms with van der Waals surface area (Å²) in [4.78, 5) is 31.2. The van der Waals surface area contributed by atoms with Crippen LogP contribution in [0.4, 0.5) is 17.1 Å². The van der Waals surface area contributed by atoms with E-state index in [2.05, 4.69) is 11.9 Å². The second-order valence-corrected chi connectivity index (χ2v) is 4.26. The molecule has 1 aromatic rings. The molecule has 0 radical (unpaired) electrons. The molecule has 1 aromatic carbocycles. The zero-order chi connectivity index (χ0) is 16.9. The highest BCUT2D eigenvalue weighted by Crippen LogP contribution is 2.36. The Morgan fingerprint density at radius 1 is 1.32 bits per heavy atom. The topological polar surface area (TPSA) is 156 Å². The van der Waals surface area contributed by atoms with Gasteiger partial charge in [0.2, 0.25) is 0 Å². The Hall–Kier alpha value is -3.01. The molecule has 0 spiro atoms. The molecule has 0 fully saturated rings. The first kappa shape index (κ1) is 17.0. The van der Waals surface area contributed by atoms with Crippen LogP contribution in [0.15, 0.2) is 24.8 Å². The van der Waals surface area contributed by atoms with E-state index in [-0.39, 0.29) is 6.42 Å². The van der Waals surface area contributed by atoms with E-state index < -0.39 is 51.1 Å². The number of hydrogen-bond donors (Lipinski definition) is 3. The van der Waals surface area contributed by atoms with Crippen LogP contribution < -0.4 is 5.32 Å². The maximum Gasteiger partial charge on any atom is 0.336 e. The number of aromatic carboxylic acids is 1. The molecule has 22 heavy (non-hydrogen) atoms. The van der Waals surface area contributed by atoms with Crippen LogP contribution in [0.1, 0.15) is 16.8 Å². The van der Waals surface area contributed by atoms with Gasteiger partial charge < -0.3 is 15.5 Å². The summed E-state index contributed by atoms with van der Waals surface area (Å²) in [5, 5.41) is 42.7. The van der Waals surface area contributed by atoms with Crippen molar-refractivity contribution in [1.82, 2.24) is 0 Å². The molecule has 0 amide bonds. The van der Waals surface area contributed by atoms with E-state index >= 15 is 0 Å². The van der Waals surface area contributed by atoms with Crippen molar-refractivity contribution >= 4 is 23.0 Å². The van der Waals surface area contributed by atoms with Gasteiger partial charge in [0.15, 0.2) is 5.69 Å². The fourth-order valence-electron chi connectivity index (χ4n) is 1.76. The minimum atomic E-state index is -1.53. The molecule has 3 N–H and O–H groups in total. The summed E-state index contributed by atoms with van der Waals surface area (Å²) in [5.74, 6) is -1.53. The van der Waals surface area contributed by atoms with Crippen LogP contribution in [-0.4, -0.2) is 38.7 Å². The molecule has 1 unspecified atom stereocenters. The molecule has 0 bridgehead atoms. The lowest BCUT2D eigenvalue weighted by atomic mass is 10.1. The van der Waals surface area contributed by atoms with Crippen molar-refractivity contribution in [3.63, 3.8) is 0 Å². The number of anilines is 1. The van der Waals surface area contributed by atoms with Crippen molar-refractivity contribution in [3.05, 3.63) is 50.6 Å². The van der Waals surface area contributed by atoms with E-state index in [1.807, 2.05) is 0 Å². The summed E-state index contributed by atoms with van der Waals surface area (Å²) in [6.45, 7) is 3.00. The third-order valence-electron chi connectivity index (χ3n) is 2.76. The molecule has 0 aliphatic heterocycles. The van der Waals surface area contributed by atoms with Crippen LogP contribution in [0.2, 0.25) is 0 Å². The number of carbonyl (C=O) groups is 1. The number of carboxylic acids is 1. The molecule has 0 saturated carbocycles. The summed E-state index contributed by atoms with van der Waals surface area (Å²) in [6.07, 6.45) is 1.63. The number of carboxylic acid groups (broad SMARTS) is 1. The SMILES string of the molecule is C=CCC(CO)Nc1c([N+](=O)[O-])cc(C(=O)O)cc1[N+](=O)[O-]. The lowest BCUT2D eigenvalue weighted by Crippen LogP contribution is -2.24. The van der Waals surface area contributed by atoms with E-state index in [9.17, 15) is 30.1 Å². The lowest BCUT2D eigenvalue weighted by molar-refractivity contribution is -0.392. The van der Waals surface area contributed by atoms with Gasteiger partial charge in [-0.25, -0.2) is 4.79 Å². The summed E-state index contributed by atoms with van der Waals surface area (Å²) in [5.41, 5.74) is -2.54. The quantitative estimate of drug-likeness (QED) is 0.371. The molecule has 1 atom stereocenters. The number of aliphatic hydroxyl groups excluding tert-OH is 1. The first-order chi connectivity index (χ1) is 10.3. The second kappa shape index (κ2) is 7.13. The van der Waals surface area contributed by atoms with Gasteiger partial charge in [0.25, 0.3) is 11.4 Å². The zero-order valence-corrected chi connectivity index (χ0v) is 11.3. The van der Waals surface area contributed by atoms with E-state index in [4.69, 9.17) is 5.11 Å². The van der Waals surface area contributed by atoms with Crippen LogP contribution in [0.5, 0.6) is 0 Å². The highest BCUT2D eigenvalue weighted by Gasteiger charge is 2.29. The summed E-state index contributed by atoms with van der Waals surface area (Å²) < 4.78 is 0. The zero-order valence-electron chi connectivity index (χ0n) is 11.3. The Kier molecular flexibility index (Phi) is 5.52. The Morgan fingerprint density at radius 3 is 2.14 bits per heavy atom. The lowest BCUT2D eigenvalue weighted by Gasteiger charge is -2.16. The Labute approximate surface area is 124 Å². The number of aliphatic hydroxyl groups is 1. The molecular weight excluding hydrogens is 298 g/mol. The van der Waals surface area contributed by atoms with Gasteiger partial charge in [-0.1, -0.05) is 6.08 Å². The molecule has 1 rings (SSSR count). The Morgan fingerprint density at radius 2 is 1.82 bits per heavy atom. The molecule has 10 nitrogen and oxygen atoms in total. The average Bonchev–Trinajstić information content (AvgIpc) is 2.45. The number of nitrogens with zero attached hydrogens (tertiary/aromatic N) is 2. The standard InChI is InChI=1S/C12H13N3O7/c1-2-3-8(6-16)13-11-9(14(19)20)4-7(12(17)18)5-10(11)15(21)22/h2,4-5,8,13,16H,1,3,6H2,(H,17,18). The van der Waals surface area contributed by atoms with Crippen molar-refractivity contribution in [1.29, 1.82) is 0 Å². The minimum absolute atomic E-state index is 0.200. The Bertz CT molecular complexity index is 594. The highest BCUT2D eigenvalue weighted by atomic mass is 16.6. The number of hydrogen-bond acceptors (Lipinski definition) is 7. The molecule has 0 aliphatic rings. The smallest absolute Gasteiger partial charge is 0.336 e. The maximum atomic E-state index is 11.1. The molecule has 0 heterocycles. The minimum Gasteiger partial charge on any atom is -0.478 e. The maximum absolute atomic E-state index is 11.1. The van der Waals surface area contributed by atoms with E-state index in [1.165, 1.54) is 6.08 Å². The molecule has 0 aliphatic carbocycles. The third kappa shape index (κ3) is 3.76. The summed E-state index contributed by atoms with van der Waals surface area (Å²) >= 11 is 0. The van der Waals surface area contributed by atoms with Crippen molar-refractivity contribution in [2.75, 3.05) is 11.9 Å². The summed E-state index contributed by atoms with van der Waals surface area (Å²) in [7, 11) is 0. The van der Waals surface area contributed by atoms with Crippen LogP contribution in [0.3, 0.4) is 0 Å². The number of benzene rings is 1. The number of nitro benzene ring substituents is 2. The van der Waals surface area contributed by atoms with Gasteiger partial charge in [-0.2, -0.15) is 0 Å². The largest absolute Gasteiger partial charge is 0.478 e. The summed E-state index contributed by atoms with van der Waals surface area (Å²) in [6, 6.07) is 0.714. The molecule has 0 saturated heterocycles. The predicted molar refractivity (Wildman–Crippen MR) is 76.0 cm³/mol. The van der Waals surface area contributed by atoms with Crippen LogP contribution >= 0.6 is 0 Å². The second-order valence-electron chi connectivity index (χ2n) is 4.26. The molecule has 0 aromatic heterocycles. The van der Waals surface area contributed by atoms with Gasteiger partial charge in [-0.3, -0.25) is 20.2 Å². The van der Waals surface area contributed by atoms with Crippen molar-refractivity contribution in [2.24, 2.45) is 0 Å². The van der Waals surface area contributed by atoms with Crippen molar-refractivity contribution in [2.45, 2.75) is 12.5 Å². The first-order valence-corrected chi connectivity index (χ1v) is 6.00. The van der Waals surface area contributed by atoms with Gasteiger partial charge in [0.1, 0.15) is 0 Å². The van der Waals surface area contributed by atoms with Crippen molar-refractivity contribution < 1.29 is 24.9 Å². The fraction of sp³-hybridized carbons (Fsp3) is 0.250. The van der Waals surface area contributed by atoms with Crippen LogP contribution in [0.25, 0.3) is 0 Å². The van der Waals surface area contributed by atoms with E-state index in [0.29, 0.717) is 0 Å². The van der Waals surface area contributed by atoms with Gasteiger partial charge >= 0.3 is 5.97 Å². The fourth-order valence-corrected chi connectivity index (χ4v) is 1.76. The third-order valence-corrected chi connectivity index (χ3v) is 2.76. The average molecular weight is 311 g/mol. The number of rotatable bonds is 8. The van der Waals surface area contributed by atoms with Gasteiger partial charge in [0.05, 0.1) is 28.1 Å². The molecular formula is C12H13N3O7. The number of nitrogens with one attached hydrogen (secondary N) is 1. The molecule has 118 valence electrons. The molecule has 10 heteroatoms. The monoisotopic (exact) mass is 311 g/mol. The van der Waals surface area contributed by atoms with E-state index in [1.54, 1.807) is 0 Å².